The first-order valence-corrected chi connectivity index (χ1v) is 22.1. The molecule has 0 spiro atoms. The van der Waals surface area contributed by atoms with Crippen LogP contribution in [0.1, 0.15) is 75.6 Å². The number of carbonyl (C=O) groups excluding carboxylic acids is 6. The van der Waals surface area contributed by atoms with Crippen molar-refractivity contribution in [1.29, 1.82) is 0 Å². The van der Waals surface area contributed by atoms with Gasteiger partial charge in [-0.05, 0) is 96.6 Å². The van der Waals surface area contributed by atoms with E-state index < -0.39 is 30.6 Å². The van der Waals surface area contributed by atoms with E-state index in [2.05, 4.69) is 26.6 Å². The fourth-order valence-corrected chi connectivity index (χ4v) is 8.78. The number of hydrogen-bond donors (Lipinski definition) is 6. The minimum atomic E-state index is -1.06. The van der Waals surface area contributed by atoms with Crippen LogP contribution in [0.3, 0.4) is 0 Å². The fraction of sp³-hybridized carbons (Fsp3) is 0.260. The minimum Gasteiger partial charge on any atom is -0.489 e. The van der Waals surface area contributed by atoms with Crippen molar-refractivity contribution in [3.63, 3.8) is 0 Å². The summed E-state index contributed by atoms with van der Waals surface area (Å²) < 4.78 is 12.5. The van der Waals surface area contributed by atoms with Gasteiger partial charge in [0.2, 0.25) is 17.7 Å². The summed E-state index contributed by atoms with van der Waals surface area (Å²) in [5.41, 5.74) is 7.84. The van der Waals surface area contributed by atoms with Crippen LogP contribution < -0.4 is 45.9 Å². The smallest absolute Gasteiger partial charge is 0.322 e. The zero-order valence-corrected chi connectivity index (χ0v) is 36.5. The molecule has 0 bridgehead atoms. The second-order valence-electron chi connectivity index (χ2n) is 16.7. The van der Waals surface area contributed by atoms with Crippen molar-refractivity contribution >= 4 is 70.2 Å². The Balaban J connectivity index is 0.878. The summed E-state index contributed by atoms with van der Waals surface area (Å²) in [7, 11) is 0. The maximum atomic E-state index is 13.8. The van der Waals surface area contributed by atoms with Crippen LogP contribution in [-0.4, -0.2) is 71.9 Å². The van der Waals surface area contributed by atoms with Crippen LogP contribution in [0, 0.1) is 0 Å². The number of aliphatic hydroxyl groups excluding tert-OH is 1. The number of fused-ring (bicyclic) bond motifs is 8. The van der Waals surface area contributed by atoms with Gasteiger partial charge in [0.05, 0.1) is 28.5 Å². The van der Waals surface area contributed by atoms with Gasteiger partial charge in [0.15, 0.2) is 0 Å². The molecule has 17 heteroatoms. The van der Waals surface area contributed by atoms with Gasteiger partial charge in [0.1, 0.15) is 43.7 Å². The highest BCUT2D eigenvalue weighted by atomic mass is 16.5. The molecule has 0 fully saturated rings. The van der Waals surface area contributed by atoms with E-state index in [1.807, 2.05) is 54.6 Å². The number of hydrogen-bond acceptors (Lipinski definition) is 11. The Kier molecular flexibility index (Phi) is 12.7. The van der Waals surface area contributed by atoms with Crippen molar-refractivity contribution < 1.29 is 43.3 Å². The molecule has 4 aliphatic heterocycles. The van der Waals surface area contributed by atoms with Crippen LogP contribution in [0.2, 0.25) is 0 Å². The van der Waals surface area contributed by atoms with E-state index in [9.17, 15) is 28.8 Å². The Hall–Kier alpha value is -8.05. The number of aliphatic imine (C=N–C) groups is 1. The van der Waals surface area contributed by atoms with Gasteiger partial charge < -0.3 is 35.8 Å². The summed E-state index contributed by atoms with van der Waals surface area (Å²) in [6.45, 7) is 1.14. The summed E-state index contributed by atoms with van der Waals surface area (Å²) in [6, 6.07) is 29.4. The van der Waals surface area contributed by atoms with E-state index in [1.54, 1.807) is 64.5 Å². The zero-order chi connectivity index (χ0) is 46.6. The summed E-state index contributed by atoms with van der Waals surface area (Å²) >= 11 is 0. The highest BCUT2D eigenvalue weighted by Gasteiger charge is 2.39. The molecule has 0 saturated heterocycles. The molecule has 0 radical (unpaired) electrons. The maximum Gasteiger partial charge on any atom is 0.322 e. The number of urea groups is 1. The number of anilines is 4. The van der Waals surface area contributed by atoms with E-state index in [0.29, 0.717) is 76.5 Å². The molecule has 4 aliphatic rings. The number of aliphatic hydroxyl groups is 1. The summed E-state index contributed by atoms with van der Waals surface area (Å²) in [5, 5.41) is 22.1. The molecule has 6 N–H and O–H groups in total. The van der Waals surface area contributed by atoms with Gasteiger partial charge in [0.25, 0.3) is 11.8 Å². The van der Waals surface area contributed by atoms with Crippen molar-refractivity contribution in [2.75, 3.05) is 27.2 Å². The lowest BCUT2D eigenvalue weighted by Crippen LogP contribution is -2.48. The molecule has 5 aromatic rings. The quantitative estimate of drug-likeness (QED) is 0.0543. The molecule has 0 unspecified atom stereocenters. The number of nitrogens with one attached hydrogen (secondary N) is 5. The van der Waals surface area contributed by atoms with Gasteiger partial charge in [0, 0.05) is 61.1 Å². The van der Waals surface area contributed by atoms with Crippen LogP contribution in [0.5, 0.6) is 11.5 Å². The highest BCUT2D eigenvalue weighted by molar-refractivity contribution is 6.15. The molecule has 5 aromatic carbocycles. The van der Waals surface area contributed by atoms with Crippen LogP contribution in [0.4, 0.5) is 33.2 Å². The first-order valence-electron chi connectivity index (χ1n) is 22.1. The fourth-order valence-electron chi connectivity index (χ4n) is 8.78. The van der Waals surface area contributed by atoms with Crippen molar-refractivity contribution in [3.8, 4) is 11.5 Å². The van der Waals surface area contributed by atoms with Gasteiger partial charge in [-0.15, -0.1) is 0 Å². The number of ether oxygens (including phenoxy) is 2. The van der Waals surface area contributed by atoms with Crippen LogP contribution in [-0.2, 0) is 40.4 Å². The second-order valence-corrected chi connectivity index (χ2v) is 16.7. The van der Waals surface area contributed by atoms with Crippen molar-refractivity contribution in [3.05, 3.63) is 137 Å². The Morgan fingerprint density at radius 3 is 2.10 bits per heavy atom. The topological polar surface area (TPSA) is 220 Å². The van der Waals surface area contributed by atoms with Crippen LogP contribution in [0.25, 0.3) is 0 Å². The maximum absolute atomic E-state index is 13.8. The number of benzene rings is 5. The highest BCUT2D eigenvalue weighted by Crippen LogP contribution is 2.40. The predicted molar refractivity (Wildman–Crippen MR) is 250 cm³/mol. The standard InChI is InChI=1S/C50H48N8O9/c1-29(53-50(65)56-46(61)13-7-6-12-45(60)52-28-59)47(62)54-34-19-30(26-66-36-14-16-38-40(23-36)51-25-35-21-32-8-2-4-10-42(32)57(35)48(38)63)18-31(20-34)27-67-37-15-17-39-41(24-37)55-44-22-33-9-3-5-11-43(33)58(44)49(39)64/h2-5,8-11,14-20,23-25,29,35,44,55,59H,6-7,12-13,21-22,26-28H2,1H3,(H,52,60)(H,54,62)(H2,53,56,61,65)/t29-,35+,44-/m0/s1. The van der Waals surface area contributed by atoms with Gasteiger partial charge in [-0.3, -0.25) is 44.1 Å². The Bertz CT molecular complexity index is 2830. The zero-order valence-electron chi connectivity index (χ0n) is 36.5. The second kappa shape index (κ2) is 19.2. The molecule has 0 saturated carbocycles. The Morgan fingerprint density at radius 2 is 1.39 bits per heavy atom. The number of amides is 7. The molecular formula is C50H48N8O9. The monoisotopic (exact) mass is 904 g/mol. The third-order valence-corrected chi connectivity index (χ3v) is 12.0. The van der Waals surface area contributed by atoms with E-state index in [-0.39, 0.29) is 56.0 Å². The minimum absolute atomic E-state index is 0.0149. The van der Waals surface area contributed by atoms with E-state index >= 15 is 0 Å². The molecule has 0 aliphatic carbocycles. The lowest BCUT2D eigenvalue weighted by atomic mass is 10.1. The molecule has 9 rings (SSSR count). The normalized spacial score (nSPS) is 16.4. The molecular weight excluding hydrogens is 857 g/mol. The Labute approximate surface area is 385 Å². The largest absolute Gasteiger partial charge is 0.489 e. The lowest BCUT2D eigenvalue weighted by molar-refractivity contribution is -0.123. The van der Waals surface area contributed by atoms with Crippen molar-refractivity contribution in [2.45, 2.75) is 76.9 Å². The van der Waals surface area contributed by atoms with E-state index in [1.165, 1.54) is 6.92 Å². The average Bonchev–Trinajstić information content (AvgIpc) is 3.85. The number of para-hydroxylation sites is 2. The molecule has 67 heavy (non-hydrogen) atoms. The van der Waals surface area contributed by atoms with Gasteiger partial charge in [-0.2, -0.15) is 0 Å². The van der Waals surface area contributed by atoms with Gasteiger partial charge in [-0.1, -0.05) is 36.4 Å². The number of rotatable bonds is 15. The predicted octanol–water partition coefficient (Wildman–Crippen LogP) is 5.87. The third-order valence-electron chi connectivity index (χ3n) is 12.0. The molecule has 7 amide bonds. The average molecular weight is 905 g/mol. The number of unbranched alkanes of at least 4 members (excludes halogenated alkanes) is 1. The summed E-state index contributed by atoms with van der Waals surface area (Å²) in [5.74, 6) is -0.714. The first-order chi connectivity index (χ1) is 32.5. The van der Waals surface area contributed by atoms with Crippen molar-refractivity contribution in [1.82, 2.24) is 16.0 Å². The number of carbonyl (C=O) groups is 6. The number of imide groups is 1. The first kappa shape index (κ1) is 44.2. The SMILES string of the molecule is C[C@H](NC(=O)NC(=O)CCCCC(=O)NCO)C(=O)Nc1cc(COc2ccc3c(c2)N=C[C@H]2Cc4ccccc4N2C3=O)cc(COc2ccc3c(c2)N[C@@H]2Cc4ccccc4N2C3=O)c1. The third kappa shape index (κ3) is 9.67. The molecule has 4 heterocycles. The number of nitrogens with zero attached hydrogens (tertiary/aromatic N) is 3. The van der Waals surface area contributed by atoms with Gasteiger partial charge in [-0.25, -0.2) is 4.79 Å². The molecule has 17 nitrogen and oxygen atoms in total. The van der Waals surface area contributed by atoms with Crippen LogP contribution >= 0.6 is 0 Å². The Morgan fingerprint density at radius 1 is 0.761 bits per heavy atom. The van der Waals surface area contributed by atoms with E-state index in [4.69, 9.17) is 19.6 Å². The van der Waals surface area contributed by atoms with Gasteiger partial charge >= 0.3 is 6.03 Å². The summed E-state index contributed by atoms with van der Waals surface area (Å²) in [6.07, 6.45) is 3.77. The molecule has 342 valence electrons. The van der Waals surface area contributed by atoms with Crippen molar-refractivity contribution in [2.24, 2.45) is 4.99 Å². The molecule has 0 aromatic heterocycles. The lowest BCUT2D eigenvalue weighted by Gasteiger charge is -2.33. The van der Waals surface area contributed by atoms with Crippen LogP contribution in [0.15, 0.2) is 108 Å². The summed E-state index contributed by atoms with van der Waals surface area (Å²) in [4.78, 5) is 85.6. The molecule has 3 atom stereocenters. The van der Waals surface area contributed by atoms with E-state index in [0.717, 1.165) is 22.5 Å².